The number of hydrogen-bond acceptors (Lipinski definition) is 6. The van der Waals surface area contributed by atoms with E-state index in [0.29, 0.717) is 62.1 Å². The third-order valence-electron chi connectivity index (χ3n) is 4.74. The quantitative estimate of drug-likeness (QED) is 0.578. The van der Waals surface area contributed by atoms with Crippen LogP contribution < -0.4 is 14.2 Å². The molecule has 28 heavy (non-hydrogen) atoms. The number of piperidine rings is 1. The molecule has 1 unspecified atom stereocenters. The fourth-order valence-corrected chi connectivity index (χ4v) is 3.47. The van der Waals surface area contributed by atoms with Gasteiger partial charge < -0.3 is 24.2 Å². The Labute approximate surface area is 166 Å². The maximum absolute atomic E-state index is 13.0. The van der Waals surface area contributed by atoms with Crippen molar-refractivity contribution in [3.63, 3.8) is 0 Å². The number of aliphatic carboxylic acids is 1. The average molecular weight is 393 g/mol. The molecule has 1 aromatic rings. The number of carboxylic acids is 1. The molecule has 1 fully saturated rings. The molecule has 7 nitrogen and oxygen atoms in total. The topological polar surface area (TPSA) is 85.3 Å². The Bertz CT molecular complexity index is 648. The van der Waals surface area contributed by atoms with Crippen LogP contribution in [0.4, 0.5) is 0 Å². The first-order valence-corrected chi connectivity index (χ1v) is 10.0. The first kappa shape index (κ1) is 22.0. The molecule has 0 aliphatic carbocycles. The molecule has 0 bridgehead atoms. The molecule has 0 aromatic heterocycles. The van der Waals surface area contributed by atoms with Crippen molar-refractivity contribution in [1.29, 1.82) is 0 Å². The summed E-state index contributed by atoms with van der Waals surface area (Å²) in [5, 5.41) is 9.23. The second kappa shape index (κ2) is 10.9. The Morgan fingerprint density at radius 2 is 1.68 bits per heavy atom. The summed E-state index contributed by atoms with van der Waals surface area (Å²) in [4.78, 5) is 26.3. The molecule has 1 aliphatic rings. The monoisotopic (exact) mass is 393 g/mol. The lowest BCUT2D eigenvalue weighted by atomic mass is 9.97. The summed E-state index contributed by atoms with van der Waals surface area (Å²) in [6.45, 7) is 8.80. The van der Waals surface area contributed by atoms with E-state index in [1.54, 1.807) is 12.1 Å². The Kier molecular flexibility index (Phi) is 8.57. The van der Waals surface area contributed by atoms with Crippen LogP contribution in [0.15, 0.2) is 12.1 Å². The number of carboxylic acid groups (broad SMARTS) is 1. The van der Waals surface area contributed by atoms with Gasteiger partial charge in [0.2, 0.25) is 0 Å². The van der Waals surface area contributed by atoms with Gasteiger partial charge in [0.05, 0.1) is 25.7 Å². The van der Waals surface area contributed by atoms with Gasteiger partial charge in [0.1, 0.15) is 22.8 Å². The molecular formula is C21H31NO6. The van der Waals surface area contributed by atoms with Crippen LogP contribution in [0.2, 0.25) is 0 Å². The highest BCUT2D eigenvalue weighted by atomic mass is 16.5. The van der Waals surface area contributed by atoms with E-state index in [9.17, 15) is 14.7 Å². The summed E-state index contributed by atoms with van der Waals surface area (Å²) >= 11 is 0. The van der Waals surface area contributed by atoms with Gasteiger partial charge in [-0.15, -0.1) is 0 Å². The van der Waals surface area contributed by atoms with Crippen LogP contribution in [0.5, 0.6) is 17.2 Å². The molecule has 156 valence electrons. The normalized spacial score (nSPS) is 17.2. The molecule has 1 N–H and O–H groups in total. The number of hydrogen-bond donors (Lipinski definition) is 1. The Balaban J connectivity index is 2.16. The predicted octanol–water partition coefficient (Wildman–Crippen LogP) is 3.25. The van der Waals surface area contributed by atoms with E-state index in [2.05, 4.69) is 4.90 Å². The molecule has 0 saturated carbocycles. The number of rotatable bonds is 11. The van der Waals surface area contributed by atoms with Crippen molar-refractivity contribution in [2.75, 3.05) is 39.5 Å². The van der Waals surface area contributed by atoms with Gasteiger partial charge in [-0.2, -0.15) is 0 Å². The van der Waals surface area contributed by atoms with Crippen LogP contribution >= 0.6 is 0 Å². The molecule has 1 aliphatic heterocycles. The van der Waals surface area contributed by atoms with E-state index in [1.165, 1.54) is 0 Å². The molecule has 1 saturated heterocycles. The van der Waals surface area contributed by atoms with Gasteiger partial charge >= 0.3 is 5.97 Å². The zero-order chi connectivity index (χ0) is 20.5. The van der Waals surface area contributed by atoms with E-state index in [4.69, 9.17) is 14.2 Å². The van der Waals surface area contributed by atoms with E-state index in [0.717, 1.165) is 13.0 Å². The second-order valence-corrected chi connectivity index (χ2v) is 6.74. The van der Waals surface area contributed by atoms with Gasteiger partial charge in [-0.1, -0.05) is 0 Å². The summed E-state index contributed by atoms with van der Waals surface area (Å²) in [7, 11) is 0. The third kappa shape index (κ3) is 5.86. The SMILES string of the molecule is CCOc1cc(OCC)c(C(=O)CCN2CCCC(C(=O)O)C2)c(OCC)c1. The third-order valence-corrected chi connectivity index (χ3v) is 4.74. The fourth-order valence-electron chi connectivity index (χ4n) is 3.47. The molecule has 0 radical (unpaired) electrons. The molecular weight excluding hydrogens is 362 g/mol. The van der Waals surface area contributed by atoms with E-state index < -0.39 is 5.97 Å². The first-order valence-electron chi connectivity index (χ1n) is 10.0. The molecule has 1 aromatic carbocycles. The van der Waals surface area contributed by atoms with Crippen LogP contribution in [0.1, 0.15) is 50.4 Å². The number of ether oxygens (including phenoxy) is 3. The van der Waals surface area contributed by atoms with Crippen molar-refractivity contribution in [2.24, 2.45) is 5.92 Å². The van der Waals surface area contributed by atoms with Gasteiger partial charge in [-0.3, -0.25) is 9.59 Å². The molecule has 7 heteroatoms. The Hall–Kier alpha value is -2.28. The zero-order valence-electron chi connectivity index (χ0n) is 17.0. The van der Waals surface area contributed by atoms with Crippen molar-refractivity contribution >= 4 is 11.8 Å². The lowest BCUT2D eigenvalue weighted by Crippen LogP contribution is -2.39. The minimum Gasteiger partial charge on any atom is -0.494 e. The maximum Gasteiger partial charge on any atom is 0.307 e. The number of nitrogens with zero attached hydrogens (tertiary/aromatic N) is 1. The average Bonchev–Trinajstić information content (AvgIpc) is 2.67. The summed E-state index contributed by atoms with van der Waals surface area (Å²) in [5.74, 6) is 0.332. The minimum absolute atomic E-state index is 0.0765. The lowest BCUT2D eigenvalue weighted by molar-refractivity contribution is -0.143. The lowest BCUT2D eigenvalue weighted by Gasteiger charge is -2.30. The van der Waals surface area contributed by atoms with Crippen LogP contribution in [-0.4, -0.2) is 61.2 Å². The fraction of sp³-hybridized carbons (Fsp3) is 0.619. The number of Topliss-reactive ketones (excluding diaryl/α,β-unsaturated/α-hetero) is 1. The molecule has 0 spiro atoms. The number of carbonyl (C=O) groups is 2. The summed E-state index contributed by atoms with van der Waals surface area (Å²) in [6, 6.07) is 3.45. The summed E-state index contributed by atoms with van der Waals surface area (Å²) in [6.07, 6.45) is 1.81. The Morgan fingerprint density at radius 1 is 1.07 bits per heavy atom. The van der Waals surface area contributed by atoms with E-state index >= 15 is 0 Å². The van der Waals surface area contributed by atoms with Crippen molar-refractivity contribution < 1.29 is 28.9 Å². The van der Waals surface area contributed by atoms with Crippen molar-refractivity contribution in [3.8, 4) is 17.2 Å². The van der Waals surface area contributed by atoms with Gasteiger partial charge in [0.15, 0.2) is 5.78 Å². The van der Waals surface area contributed by atoms with E-state index in [1.807, 2.05) is 20.8 Å². The highest BCUT2D eigenvalue weighted by molar-refractivity contribution is 6.01. The summed E-state index contributed by atoms with van der Waals surface area (Å²) in [5.41, 5.74) is 0.430. The van der Waals surface area contributed by atoms with Crippen LogP contribution in [-0.2, 0) is 4.79 Å². The number of carbonyl (C=O) groups excluding carboxylic acids is 1. The van der Waals surface area contributed by atoms with Crippen LogP contribution in [0.25, 0.3) is 0 Å². The summed E-state index contributed by atoms with van der Waals surface area (Å²) < 4.78 is 17.0. The zero-order valence-corrected chi connectivity index (χ0v) is 17.0. The molecule has 1 heterocycles. The number of ketones is 1. The molecule has 1 atom stereocenters. The van der Waals surface area contributed by atoms with E-state index in [-0.39, 0.29) is 18.1 Å². The standard InChI is InChI=1S/C21H31NO6/c1-4-26-16-12-18(27-5-2)20(19(13-16)28-6-3)17(23)9-11-22-10-7-8-15(14-22)21(24)25/h12-13,15H,4-11,14H2,1-3H3,(H,24,25). The Morgan fingerprint density at radius 3 is 2.21 bits per heavy atom. The highest BCUT2D eigenvalue weighted by Crippen LogP contribution is 2.35. The van der Waals surface area contributed by atoms with Gasteiger partial charge in [0.25, 0.3) is 0 Å². The maximum atomic E-state index is 13.0. The van der Waals surface area contributed by atoms with Gasteiger partial charge in [-0.05, 0) is 40.2 Å². The van der Waals surface area contributed by atoms with Gasteiger partial charge in [-0.25, -0.2) is 0 Å². The highest BCUT2D eigenvalue weighted by Gasteiger charge is 2.27. The number of benzene rings is 1. The smallest absolute Gasteiger partial charge is 0.307 e. The van der Waals surface area contributed by atoms with Crippen LogP contribution in [0.3, 0.4) is 0 Å². The van der Waals surface area contributed by atoms with Crippen molar-refractivity contribution in [2.45, 2.75) is 40.0 Å². The number of likely N-dealkylation sites (tertiary alicyclic amines) is 1. The first-order chi connectivity index (χ1) is 13.5. The largest absolute Gasteiger partial charge is 0.494 e. The van der Waals surface area contributed by atoms with Gasteiger partial charge in [0, 0.05) is 31.6 Å². The predicted molar refractivity (Wildman–Crippen MR) is 106 cm³/mol. The molecule has 2 rings (SSSR count). The second-order valence-electron chi connectivity index (χ2n) is 6.74. The van der Waals surface area contributed by atoms with Crippen molar-refractivity contribution in [3.05, 3.63) is 17.7 Å². The van der Waals surface area contributed by atoms with Crippen molar-refractivity contribution in [1.82, 2.24) is 4.90 Å². The molecule has 0 amide bonds. The minimum atomic E-state index is -0.764. The van der Waals surface area contributed by atoms with Crippen LogP contribution in [0, 0.1) is 5.92 Å².